The van der Waals surface area contributed by atoms with Crippen molar-refractivity contribution in [3.63, 3.8) is 0 Å². The molecule has 0 atom stereocenters. The molecule has 2 amide bonds. The first-order valence-corrected chi connectivity index (χ1v) is 12.1. The summed E-state index contributed by atoms with van der Waals surface area (Å²) in [5.41, 5.74) is 6.60. The number of carbonyl (C=O) groups is 2. The van der Waals surface area contributed by atoms with E-state index in [4.69, 9.17) is 4.74 Å². The Morgan fingerprint density at radius 3 is 2.50 bits per heavy atom. The Balaban J connectivity index is 0.00000267. The zero-order valence-corrected chi connectivity index (χ0v) is 20.6. The number of ether oxygens (including phenoxy) is 1. The summed E-state index contributed by atoms with van der Waals surface area (Å²) in [6.45, 7) is 1.96. The maximum atomic E-state index is 12.8. The van der Waals surface area contributed by atoms with Gasteiger partial charge in [-0.2, -0.15) is 0 Å². The standard InChI is InChI=1S/C28H27N3O4.ClH/c32-26(29-24-10-9-22-21-7-3-1-5-18(21)15-23(22)27(24)33)16-30-13-11-20(12-14-30)31-25-8-4-2-6-19(25)17-35-28(31)34;/h1-10,20,33H,11-17H2,(H,29,32);1H. The van der Waals surface area contributed by atoms with Crippen LogP contribution in [-0.4, -0.2) is 47.7 Å². The molecular formula is C28H28ClN3O4. The lowest BCUT2D eigenvalue weighted by Gasteiger charge is -2.40. The number of cyclic esters (lactones) is 1. The fourth-order valence-corrected chi connectivity index (χ4v) is 5.55. The summed E-state index contributed by atoms with van der Waals surface area (Å²) >= 11 is 0. The molecule has 0 bridgehead atoms. The number of carbonyl (C=O) groups excluding carboxylic acids is 2. The Kier molecular flexibility index (Phi) is 6.60. The first kappa shape index (κ1) is 24.2. The lowest BCUT2D eigenvalue weighted by molar-refractivity contribution is -0.117. The second kappa shape index (κ2) is 9.84. The molecular weight excluding hydrogens is 478 g/mol. The molecule has 2 heterocycles. The van der Waals surface area contributed by atoms with E-state index >= 15 is 0 Å². The molecule has 3 aliphatic rings. The van der Waals surface area contributed by atoms with Gasteiger partial charge in [-0.1, -0.05) is 48.5 Å². The van der Waals surface area contributed by atoms with Crippen molar-refractivity contribution >= 4 is 35.8 Å². The highest BCUT2D eigenvalue weighted by atomic mass is 35.5. The zero-order valence-electron chi connectivity index (χ0n) is 19.8. The molecule has 1 aliphatic carbocycles. The fourth-order valence-electron chi connectivity index (χ4n) is 5.55. The van der Waals surface area contributed by atoms with Gasteiger partial charge in [0.25, 0.3) is 0 Å². The summed E-state index contributed by atoms with van der Waals surface area (Å²) in [6.07, 6.45) is 1.89. The van der Waals surface area contributed by atoms with Gasteiger partial charge in [-0.3, -0.25) is 14.6 Å². The van der Waals surface area contributed by atoms with Gasteiger partial charge < -0.3 is 15.2 Å². The van der Waals surface area contributed by atoms with Gasteiger partial charge in [0, 0.05) is 36.7 Å². The second-order valence-corrected chi connectivity index (χ2v) is 9.43. The molecule has 3 aromatic rings. The molecule has 0 radical (unpaired) electrons. The monoisotopic (exact) mass is 505 g/mol. The number of piperidine rings is 1. The summed E-state index contributed by atoms with van der Waals surface area (Å²) in [6, 6.07) is 19.8. The van der Waals surface area contributed by atoms with Gasteiger partial charge in [-0.25, -0.2) is 4.79 Å². The summed E-state index contributed by atoms with van der Waals surface area (Å²) < 4.78 is 5.38. The van der Waals surface area contributed by atoms with Crippen LogP contribution >= 0.6 is 12.4 Å². The van der Waals surface area contributed by atoms with Gasteiger partial charge >= 0.3 is 6.09 Å². The van der Waals surface area contributed by atoms with Crippen LogP contribution in [0.4, 0.5) is 16.2 Å². The van der Waals surface area contributed by atoms with E-state index in [-0.39, 0.29) is 42.7 Å². The van der Waals surface area contributed by atoms with Gasteiger partial charge in [0.1, 0.15) is 12.4 Å². The smallest absolute Gasteiger partial charge is 0.414 e. The summed E-state index contributed by atoms with van der Waals surface area (Å²) in [7, 11) is 0. The van der Waals surface area contributed by atoms with Crippen LogP contribution in [0.25, 0.3) is 11.1 Å². The van der Waals surface area contributed by atoms with E-state index in [1.54, 1.807) is 11.0 Å². The molecule has 1 fully saturated rings. The molecule has 0 unspecified atom stereocenters. The van der Waals surface area contributed by atoms with Gasteiger partial charge in [0.05, 0.1) is 17.9 Å². The minimum atomic E-state index is -0.297. The van der Waals surface area contributed by atoms with Crippen LogP contribution in [0.2, 0.25) is 0 Å². The van der Waals surface area contributed by atoms with Crippen LogP contribution < -0.4 is 10.2 Å². The molecule has 2 N–H and O–H groups in total. The SMILES string of the molecule is Cl.O=C(CN1CCC(N2C(=O)OCc3ccccc32)CC1)Nc1ccc2c(c1O)Cc1ccccc1-2. The molecule has 7 nitrogen and oxygen atoms in total. The van der Waals surface area contributed by atoms with Crippen molar-refractivity contribution in [1.82, 2.24) is 4.90 Å². The molecule has 1 saturated heterocycles. The highest BCUT2D eigenvalue weighted by molar-refractivity contribution is 5.95. The second-order valence-electron chi connectivity index (χ2n) is 9.43. The number of amides is 2. The Bertz CT molecular complexity index is 1320. The Hall–Kier alpha value is -3.55. The van der Waals surface area contributed by atoms with Crippen molar-refractivity contribution in [2.45, 2.75) is 31.9 Å². The Morgan fingerprint density at radius 2 is 1.69 bits per heavy atom. The largest absolute Gasteiger partial charge is 0.505 e. The van der Waals surface area contributed by atoms with Crippen molar-refractivity contribution < 1.29 is 19.4 Å². The van der Waals surface area contributed by atoms with Crippen molar-refractivity contribution in [3.8, 4) is 16.9 Å². The number of fused-ring (bicyclic) bond motifs is 4. The van der Waals surface area contributed by atoms with E-state index < -0.39 is 0 Å². The van der Waals surface area contributed by atoms with E-state index in [1.807, 2.05) is 42.5 Å². The van der Waals surface area contributed by atoms with Crippen LogP contribution in [-0.2, 0) is 22.6 Å². The number of benzene rings is 3. The number of rotatable bonds is 4. The topological polar surface area (TPSA) is 82.1 Å². The number of anilines is 2. The summed E-state index contributed by atoms with van der Waals surface area (Å²) in [5.74, 6) is -0.00928. The highest BCUT2D eigenvalue weighted by Gasteiger charge is 2.34. The van der Waals surface area contributed by atoms with Crippen molar-refractivity contribution in [2.24, 2.45) is 0 Å². The molecule has 186 valence electrons. The number of hydrogen-bond donors (Lipinski definition) is 2. The first-order chi connectivity index (χ1) is 17.1. The van der Waals surface area contributed by atoms with Gasteiger partial charge in [0.15, 0.2) is 0 Å². The minimum absolute atomic E-state index is 0. The van der Waals surface area contributed by atoms with Crippen LogP contribution in [0.1, 0.15) is 29.5 Å². The van der Waals surface area contributed by atoms with E-state index in [1.165, 1.54) is 5.56 Å². The molecule has 8 heteroatoms. The number of nitrogens with one attached hydrogen (secondary N) is 1. The van der Waals surface area contributed by atoms with E-state index in [9.17, 15) is 14.7 Å². The van der Waals surface area contributed by atoms with Crippen molar-refractivity contribution in [3.05, 3.63) is 77.4 Å². The molecule has 2 aliphatic heterocycles. The third-order valence-corrected chi connectivity index (χ3v) is 7.32. The quantitative estimate of drug-likeness (QED) is 0.384. The van der Waals surface area contributed by atoms with Crippen molar-refractivity contribution in [1.29, 1.82) is 0 Å². The molecule has 36 heavy (non-hydrogen) atoms. The van der Waals surface area contributed by atoms with Crippen LogP contribution in [0, 0.1) is 0 Å². The predicted octanol–water partition coefficient (Wildman–Crippen LogP) is 4.94. The number of nitrogens with zero attached hydrogens (tertiary/aromatic N) is 2. The van der Waals surface area contributed by atoms with Crippen LogP contribution in [0.5, 0.6) is 5.75 Å². The number of halogens is 1. The number of hydrogen-bond acceptors (Lipinski definition) is 5. The number of aromatic hydroxyl groups is 1. The number of likely N-dealkylation sites (tertiary alicyclic amines) is 1. The van der Waals surface area contributed by atoms with E-state index in [2.05, 4.69) is 22.3 Å². The van der Waals surface area contributed by atoms with Gasteiger partial charge in [0.2, 0.25) is 5.91 Å². The van der Waals surface area contributed by atoms with Gasteiger partial charge in [-0.05, 0) is 41.7 Å². The predicted molar refractivity (Wildman–Crippen MR) is 141 cm³/mol. The number of phenols is 1. The van der Waals surface area contributed by atoms with E-state index in [0.717, 1.165) is 40.8 Å². The summed E-state index contributed by atoms with van der Waals surface area (Å²) in [4.78, 5) is 29.2. The molecule has 0 spiro atoms. The first-order valence-electron chi connectivity index (χ1n) is 12.1. The Labute approximate surface area is 216 Å². The average molecular weight is 506 g/mol. The molecule has 0 aromatic heterocycles. The third-order valence-electron chi connectivity index (χ3n) is 7.32. The third kappa shape index (κ3) is 4.29. The van der Waals surface area contributed by atoms with Crippen LogP contribution in [0.15, 0.2) is 60.7 Å². The highest BCUT2D eigenvalue weighted by Crippen LogP contribution is 2.44. The van der Waals surface area contributed by atoms with Crippen molar-refractivity contribution in [2.75, 3.05) is 29.9 Å². The zero-order chi connectivity index (χ0) is 23.9. The van der Waals surface area contributed by atoms with Gasteiger partial charge in [-0.15, -0.1) is 12.4 Å². The van der Waals surface area contributed by atoms with E-state index in [0.29, 0.717) is 31.8 Å². The maximum absolute atomic E-state index is 12.8. The molecule has 0 saturated carbocycles. The lowest BCUT2D eigenvalue weighted by Crippen LogP contribution is -2.50. The van der Waals surface area contributed by atoms with Crippen LogP contribution in [0.3, 0.4) is 0 Å². The Morgan fingerprint density at radius 1 is 0.972 bits per heavy atom. The molecule has 3 aromatic carbocycles. The normalized spacial score (nSPS) is 16.9. The number of para-hydroxylation sites is 1. The fraction of sp³-hybridized carbons (Fsp3) is 0.286. The maximum Gasteiger partial charge on any atom is 0.414 e. The average Bonchev–Trinajstić information content (AvgIpc) is 3.26. The minimum Gasteiger partial charge on any atom is -0.505 e. The lowest BCUT2D eigenvalue weighted by atomic mass is 10.0. The number of phenolic OH excluding ortho intramolecular Hbond substituents is 1. The molecule has 6 rings (SSSR count). The summed E-state index contributed by atoms with van der Waals surface area (Å²) in [5, 5.41) is 13.7.